The highest BCUT2D eigenvalue weighted by molar-refractivity contribution is 6.31. The summed E-state index contributed by atoms with van der Waals surface area (Å²) >= 11 is 6.17. The second-order valence-corrected chi connectivity index (χ2v) is 7.21. The molecule has 3 rings (SSSR count). The van der Waals surface area contributed by atoms with Gasteiger partial charge in [0.05, 0.1) is 18.7 Å². The van der Waals surface area contributed by atoms with Crippen LogP contribution in [0, 0.1) is 11.7 Å². The molecule has 1 aliphatic heterocycles. The molecule has 0 saturated carbocycles. The molecule has 1 N–H and O–H groups in total. The number of halogens is 3. The second kappa shape index (κ2) is 10.2. The normalized spacial score (nSPS) is 18.7. The van der Waals surface area contributed by atoms with Crippen molar-refractivity contribution >= 4 is 29.9 Å². The van der Waals surface area contributed by atoms with Crippen molar-refractivity contribution in [3.63, 3.8) is 0 Å². The molecule has 0 unspecified atom stereocenters. The van der Waals surface area contributed by atoms with Crippen molar-refractivity contribution in [1.29, 1.82) is 0 Å². The van der Waals surface area contributed by atoms with Crippen molar-refractivity contribution in [2.24, 2.45) is 13.0 Å². The lowest BCUT2D eigenvalue weighted by molar-refractivity contribution is -0.136. The van der Waals surface area contributed by atoms with Crippen LogP contribution in [0.1, 0.15) is 17.0 Å². The van der Waals surface area contributed by atoms with Gasteiger partial charge in [-0.05, 0) is 23.3 Å². The van der Waals surface area contributed by atoms with E-state index in [0.717, 1.165) is 12.1 Å². The van der Waals surface area contributed by atoms with Crippen molar-refractivity contribution in [3.8, 4) is 0 Å². The van der Waals surface area contributed by atoms with E-state index in [1.807, 2.05) is 19.4 Å². The number of carbonyl (C=O) groups is 1. The number of benzene rings is 1. The highest BCUT2D eigenvalue weighted by atomic mass is 35.5. The summed E-state index contributed by atoms with van der Waals surface area (Å²) in [7, 11) is 3.47. The van der Waals surface area contributed by atoms with Crippen molar-refractivity contribution in [2.75, 3.05) is 33.4 Å². The summed E-state index contributed by atoms with van der Waals surface area (Å²) in [6.45, 7) is 2.52. The summed E-state index contributed by atoms with van der Waals surface area (Å²) in [5.74, 6) is -0.480. The lowest BCUT2D eigenvalue weighted by Crippen LogP contribution is -2.40. The fourth-order valence-corrected chi connectivity index (χ4v) is 3.71. The van der Waals surface area contributed by atoms with Gasteiger partial charge in [-0.1, -0.05) is 17.7 Å². The Balaban J connectivity index is 0.00000280. The zero-order chi connectivity index (χ0) is 19.4. The number of methoxy groups -OCH3 is 1. The third-order valence-corrected chi connectivity index (χ3v) is 5.29. The molecule has 0 spiro atoms. The number of nitrogens with one attached hydrogen (secondary N) is 1. The molecule has 0 bridgehead atoms. The van der Waals surface area contributed by atoms with E-state index < -0.39 is 5.82 Å². The van der Waals surface area contributed by atoms with Crippen LogP contribution in [0.15, 0.2) is 30.6 Å². The number of carbonyl (C=O) groups excluding carboxylic acids is 1. The highest BCUT2D eigenvalue weighted by Crippen LogP contribution is 2.30. The monoisotopic (exact) mass is 430 g/mol. The molecule has 2 heterocycles. The largest absolute Gasteiger partial charge is 0.383 e. The van der Waals surface area contributed by atoms with Gasteiger partial charge in [0.25, 0.3) is 0 Å². The fraction of sp³-hybridized carbons (Fsp3) is 0.474. The standard InChI is InChI=1S/C19H24ClFN4O2.ClH/c1-24-11-14(8-23-24)16-9-22-10-17(16)19(26)25(5-6-27-2)12-13-3-4-15(21)7-18(13)20;/h3-4,7-8,11,16-17,22H,5-6,9-10,12H2,1-2H3;1H/t16-,17+;/m1./s1. The molecule has 28 heavy (non-hydrogen) atoms. The molecule has 2 aromatic rings. The van der Waals surface area contributed by atoms with Crippen LogP contribution in [0.25, 0.3) is 0 Å². The van der Waals surface area contributed by atoms with E-state index in [4.69, 9.17) is 16.3 Å². The second-order valence-electron chi connectivity index (χ2n) is 6.81. The van der Waals surface area contributed by atoms with Gasteiger partial charge in [0.15, 0.2) is 0 Å². The smallest absolute Gasteiger partial charge is 0.228 e. The zero-order valence-electron chi connectivity index (χ0n) is 15.9. The average Bonchev–Trinajstić information content (AvgIpc) is 3.28. The molecule has 1 aromatic heterocycles. The lowest BCUT2D eigenvalue weighted by Gasteiger charge is -2.28. The molecule has 1 amide bonds. The predicted molar refractivity (Wildman–Crippen MR) is 108 cm³/mol. The van der Waals surface area contributed by atoms with Crippen LogP contribution < -0.4 is 5.32 Å². The fourth-order valence-electron chi connectivity index (χ4n) is 3.48. The minimum Gasteiger partial charge on any atom is -0.383 e. The van der Waals surface area contributed by atoms with Crippen LogP contribution in [0.3, 0.4) is 0 Å². The summed E-state index contributed by atoms with van der Waals surface area (Å²) in [6.07, 6.45) is 3.77. The Morgan fingerprint density at radius 2 is 2.25 bits per heavy atom. The van der Waals surface area contributed by atoms with Gasteiger partial charge in [0.1, 0.15) is 5.82 Å². The third-order valence-electron chi connectivity index (χ3n) is 4.94. The molecule has 9 heteroatoms. The number of rotatable bonds is 7. The summed E-state index contributed by atoms with van der Waals surface area (Å²) in [5.41, 5.74) is 1.76. The first kappa shape index (κ1) is 22.6. The number of aromatic nitrogens is 2. The van der Waals surface area contributed by atoms with E-state index in [1.165, 1.54) is 12.1 Å². The van der Waals surface area contributed by atoms with Gasteiger partial charge in [-0.15, -0.1) is 12.4 Å². The van der Waals surface area contributed by atoms with Gasteiger partial charge < -0.3 is 15.0 Å². The molecule has 0 aliphatic carbocycles. The lowest BCUT2D eigenvalue weighted by atomic mass is 9.89. The van der Waals surface area contributed by atoms with Gasteiger partial charge >= 0.3 is 0 Å². The first-order valence-electron chi connectivity index (χ1n) is 8.90. The predicted octanol–water partition coefficient (Wildman–Crippen LogP) is 2.61. The topological polar surface area (TPSA) is 59.4 Å². The van der Waals surface area contributed by atoms with E-state index in [1.54, 1.807) is 22.8 Å². The number of aryl methyl sites for hydroxylation is 1. The molecule has 1 saturated heterocycles. The number of hydrogen-bond acceptors (Lipinski definition) is 4. The van der Waals surface area contributed by atoms with Gasteiger partial charge in [0, 0.05) is 57.5 Å². The van der Waals surface area contributed by atoms with Crippen molar-refractivity contribution in [3.05, 3.63) is 52.6 Å². The van der Waals surface area contributed by atoms with E-state index >= 15 is 0 Å². The van der Waals surface area contributed by atoms with Gasteiger partial charge in [-0.25, -0.2) is 4.39 Å². The maximum absolute atomic E-state index is 13.3. The summed E-state index contributed by atoms with van der Waals surface area (Å²) in [6, 6.07) is 4.25. The molecule has 6 nitrogen and oxygen atoms in total. The Morgan fingerprint density at radius 3 is 2.89 bits per heavy atom. The van der Waals surface area contributed by atoms with Crippen LogP contribution >= 0.6 is 24.0 Å². The quantitative estimate of drug-likeness (QED) is 0.733. The average molecular weight is 431 g/mol. The molecule has 2 atom stereocenters. The minimum absolute atomic E-state index is 0. The van der Waals surface area contributed by atoms with Gasteiger partial charge in [-0.3, -0.25) is 9.48 Å². The van der Waals surface area contributed by atoms with Crippen LogP contribution in [0.4, 0.5) is 4.39 Å². The Morgan fingerprint density at radius 1 is 1.46 bits per heavy atom. The Labute approximate surface area is 175 Å². The first-order valence-corrected chi connectivity index (χ1v) is 9.28. The minimum atomic E-state index is -0.393. The molecule has 1 aromatic carbocycles. The van der Waals surface area contributed by atoms with E-state index in [2.05, 4.69) is 10.4 Å². The molecule has 0 radical (unpaired) electrons. The number of ether oxygens (including phenoxy) is 1. The number of hydrogen-bond donors (Lipinski definition) is 1. The van der Waals surface area contributed by atoms with Crippen molar-refractivity contribution < 1.29 is 13.9 Å². The molecular weight excluding hydrogens is 406 g/mol. The summed E-state index contributed by atoms with van der Waals surface area (Å²) in [5, 5.41) is 7.86. The van der Waals surface area contributed by atoms with E-state index in [0.29, 0.717) is 36.8 Å². The number of nitrogens with zero attached hydrogens (tertiary/aromatic N) is 3. The van der Waals surface area contributed by atoms with Crippen molar-refractivity contribution in [2.45, 2.75) is 12.5 Å². The summed E-state index contributed by atoms with van der Waals surface area (Å²) < 4.78 is 20.2. The van der Waals surface area contributed by atoms with Gasteiger partial charge in [0.2, 0.25) is 5.91 Å². The molecule has 1 fully saturated rings. The van der Waals surface area contributed by atoms with Crippen LogP contribution in [-0.2, 0) is 23.1 Å². The van der Waals surface area contributed by atoms with Gasteiger partial charge in [-0.2, -0.15) is 5.10 Å². The SMILES string of the molecule is COCCN(Cc1ccc(F)cc1Cl)C(=O)[C@H]1CNC[C@@H]1c1cnn(C)c1.Cl. The first-order chi connectivity index (χ1) is 13.0. The molecular formula is C19H25Cl2FN4O2. The van der Waals surface area contributed by atoms with Crippen LogP contribution in [0.5, 0.6) is 0 Å². The van der Waals surface area contributed by atoms with Crippen molar-refractivity contribution in [1.82, 2.24) is 20.0 Å². The summed E-state index contributed by atoms with van der Waals surface area (Å²) in [4.78, 5) is 15.1. The molecule has 154 valence electrons. The number of amides is 1. The zero-order valence-corrected chi connectivity index (χ0v) is 17.5. The Hall–Kier alpha value is -1.67. The van der Waals surface area contributed by atoms with Crippen LogP contribution in [0.2, 0.25) is 5.02 Å². The Bertz CT molecular complexity index is 802. The molecule has 1 aliphatic rings. The maximum Gasteiger partial charge on any atom is 0.228 e. The van der Waals surface area contributed by atoms with E-state index in [-0.39, 0.29) is 30.2 Å². The highest BCUT2D eigenvalue weighted by Gasteiger charge is 2.37. The van der Waals surface area contributed by atoms with Crippen LogP contribution in [-0.4, -0.2) is 53.9 Å². The maximum atomic E-state index is 13.3. The third kappa shape index (κ3) is 5.23. The Kier molecular flexibility index (Phi) is 8.24. The van der Waals surface area contributed by atoms with E-state index in [9.17, 15) is 9.18 Å².